The van der Waals surface area contributed by atoms with Gasteiger partial charge in [0.1, 0.15) is 11.6 Å². The highest BCUT2D eigenvalue weighted by Gasteiger charge is 2.08. The molecule has 0 bridgehead atoms. The molecule has 2 aromatic heterocycles. The lowest BCUT2D eigenvalue weighted by Crippen LogP contribution is -2.25. The molecular weight excluding hydrogens is 262 g/mol. The maximum Gasteiger partial charge on any atom is 0.268 e. The first-order valence-corrected chi connectivity index (χ1v) is 6.64. The van der Waals surface area contributed by atoms with Crippen LogP contribution in [0.25, 0.3) is 10.9 Å². The Balaban J connectivity index is 2.16. The summed E-state index contributed by atoms with van der Waals surface area (Å²) in [7, 11) is 0. The van der Waals surface area contributed by atoms with Crippen molar-refractivity contribution in [1.29, 1.82) is 5.26 Å². The van der Waals surface area contributed by atoms with Gasteiger partial charge in [-0.25, -0.2) is 0 Å². The summed E-state index contributed by atoms with van der Waals surface area (Å²) in [5.74, 6) is 0. The van der Waals surface area contributed by atoms with E-state index in [1.807, 2.05) is 43.3 Å². The number of aromatic nitrogens is 2. The second-order valence-electron chi connectivity index (χ2n) is 4.88. The first-order chi connectivity index (χ1) is 10.2. The number of pyridine rings is 2. The minimum atomic E-state index is -0.251. The maximum atomic E-state index is 12.3. The Hall–Kier alpha value is -2.93. The number of nitrogens with zero attached hydrogens (tertiary/aromatic N) is 3. The molecule has 2 heterocycles. The normalized spacial score (nSPS) is 10.5. The molecule has 0 aliphatic heterocycles. The van der Waals surface area contributed by atoms with Crippen LogP contribution < -0.4 is 5.56 Å². The van der Waals surface area contributed by atoms with Gasteiger partial charge in [-0.2, -0.15) is 5.26 Å². The van der Waals surface area contributed by atoms with Crippen LogP contribution in [0.2, 0.25) is 0 Å². The van der Waals surface area contributed by atoms with Crippen LogP contribution in [0.5, 0.6) is 0 Å². The zero-order valence-corrected chi connectivity index (χ0v) is 11.6. The first kappa shape index (κ1) is 13.1. The predicted molar refractivity (Wildman–Crippen MR) is 81.0 cm³/mol. The molecule has 0 amide bonds. The summed E-state index contributed by atoms with van der Waals surface area (Å²) in [6.07, 6.45) is 1.74. The Kier molecular flexibility index (Phi) is 3.25. The van der Waals surface area contributed by atoms with Crippen LogP contribution in [-0.4, -0.2) is 9.55 Å². The molecule has 4 heteroatoms. The van der Waals surface area contributed by atoms with Crippen molar-refractivity contribution < 1.29 is 0 Å². The topological polar surface area (TPSA) is 58.7 Å². The first-order valence-electron chi connectivity index (χ1n) is 6.64. The van der Waals surface area contributed by atoms with E-state index in [0.29, 0.717) is 6.54 Å². The summed E-state index contributed by atoms with van der Waals surface area (Å²) in [5, 5.41) is 10.0. The number of benzene rings is 1. The highest BCUT2D eigenvalue weighted by Crippen LogP contribution is 2.17. The van der Waals surface area contributed by atoms with Crippen molar-refractivity contribution in [2.24, 2.45) is 0 Å². The summed E-state index contributed by atoms with van der Waals surface area (Å²) in [6, 6.07) is 15.0. The summed E-state index contributed by atoms with van der Waals surface area (Å²) >= 11 is 0. The lowest BCUT2D eigenvalue weighted by Gasteiger charge is -2.12. The predicted octanol–water partition coefficient (Wildman–Crippen LogP) is 2.62. The molecule has 0 saturated carbocycles. The lowest BCUT2D eigenvalue weighted by molar-refractivity contribution is 0.730. The molecule has 0 atom stereocenters. The zero-order valence-electron chi connectivity index (χ0n) is 11.6. The molecule has 3 rings (SSSR count). The lowest BCUT2D eigenvalue weighted by atomic mass is 10.1. The number of fused-ring (bicyclic) bond motifs is 1. The van der Waals surface area contributed by atoms with E-state index < -0.39 is 0 Å². The van der Waals surface area contributed by atoms with Crippen LogP contribution >= 0.6 is 0 Å². The number of rotatable bonds is 2. The van der Waals surface area contributed by atoms with Crippen molar-refractivity contribution in [1.82, 2.24) is 9.55 Å². The number of hydrogen-bond acceptors (Lipinski definition) is 3. The number of nitriles is 1. The van der Waals surface area contributed by atoms with Gasteiger partial charge in [0.25, 0.3) is 5.56 Å². The average Bonchev–Trinajstić information content (AvgIpc) is 2.52. The molecule has 21 heavy (non-hydrogen) atoms. The van der Waals surface area contributed by atoms with Crippen LogP contribution in [0.3, 0.4) is 0 Å². The fraction of sp³-hybridized carbons (Fsp3) is 0.118. The molecule has 0 spiro atoms. The van der Waals surface area contributed by atoms with Crippen molar-refractivity contribution in [3.63, 3.8) is 0 Å². The molecule has 1 aromatic carbocycles. The van der Waals surface area contributed by atoms with Crippen molar-refractivity contribution in [3.05, 3.63) is 75.8 Å². The Morgan fingerprint density at radius 1 is 1.19 bits per heavy atom. The molecule has 0 N–H and O–H groups in total. The fourth-order valence-electron chi connectivity index (χ4n) is 2.42. The zero-order chi connectivity index (χ0) is 14.8. The highest BCUT2D eigenvalue weighted by molar-refractivity contribution is 5.81. The van der Waals surface area contributed by atoms with E-state index in [9.17, 15) is 4.79 Å². The van der Waals surface area contributed by atoms with Crippen molar-refractivity contribution >= 4 is 10.9 Å². The summed E-state index contributed by atoms with van der Waals surface area (Å²) in [5.41, 5.74) is 2.66. The van der Waals surface area contributed by atoms with Gasteiger partial charge in [0.15, 0.2) is 0 Å². The second-order valence-corrected chi connectivity index (χ2v) is 4.88. The standard InChI is InChI=1S/C17H13N3O/c1-12-6-7-13(10-18)17(21)20(12)11-14-8-9-19-16-5-3-2-4-15(14)16/h2-9H,11H2,1H3. The van der Waals surface area contributed by atoms with E-state index in [-0.39, 0.29) is 11.1 Å². The third-order valence-electron chi connectivity index (χ3n) is 3.58. The molecule has 102 valence electrons. The monoisotopic (exact) mass is 275 g/mol. The average molecular weight is 275 g/mol. The van der Waals surface area contributed by atoms with Gasteiger partial charge in [-0.3, -0.25) is 9.78 Å². The molecule has 0 fully saturated rings. The molecule has 0 saturated heterocycles. The molecule has 0 aliphatic carbocycles. The molecule has 0 aliphatic rings. The SMILES string of the molecule is Cc1ccc(C#N)c(=O)n1Cc1ccnc2ccccc12. The molecular formula is C17H13N3O. The largest absolute Gasteiger partial charge is 0.307 e. The van der Waals surface area contributed by atoms with Gasteiger partial charge in [-0.1, -0.05) is 18.2 Å². The summed E-state index contributed by atoms with van der Waals surface area (Å²) in [6.45, 7) is 2.30. The molecule has 0 radical (unpaired) electrons. The Bertz CT molecular complexity index is 914. The van der Waals surface area contributed by atoms with Gasteiger partial charge in [0.05, 0.1) is 12.1 Å². The molecule has 0 unspecified atom stereocenters. The Labute approximate surface area is 121 Å². The van der Waals surface area contributed by atoms with Crippen molar-refractivity contribution in [3.8, 4) is 6.07 Å². The smallest absolute Gasteiger partial charge is 0.268 e. The minimum Gasteiger partial charge on any atom is -0.307 e. The van der Waals surface area contributed by atoms with E-state index >= 15 is 0 Å². The van der Waals surface area contributed by atoms with Crippen LogP contribution in [0.15, 0.2) is 53.5 Å². The van der Waals surface area contributed by atoms with Gasteiger partial charge in [-0.15, -0.1) is 0 Å². The summed E-state index contributed by atoms with van der Waals surface area (Å²) in [4.78, 5) is 16.6. The minimum absolute atomic E-state index is 0.166. The highest BCUT2D eigenvalue weighted by atomic mass is 16.1. The van der Waals surface area contributed by atoms with E-state index in [1.165, 1.54) is 0 Å². The van der Waals surface area contributed by atoms with Gasteiger partial charge in [-0.05, 0) is 36.8 Å². The van der Waals surface area contributed by atoms with E-state index in [0.717, 1.165) is 22.2 Å². The van der Waals surface area contributed by atoms with Gasteiger partial charge < -0.3 is 4.57 Å². The van der Waals surface area contributed by atoms with E-state index in [1.54, 1.807) is 22.9 Å². The van der Waals surface area contributed by atoms with E-state index in [2.05, 4.69) is 4.98 Å². The van der Waals surface area contributed by atoms with Crippen molar-refractivity contribution in [2.75, 3.05) is 0 Å². The van der Waals surface area contributed by atoms with Crippen LogP contribution in [0.1, 0.15) is 16.8 Å². The summed E-state index contributed by atoms with van der Waals surface area (Å²) < 4.78 is 1.63. The third-order valence-corrected chi connectivity index (χ3v) is 3.58. The van der Waals surface area contributed by atoms with Crippen LogP contribution in [0.4, 0.5) is 0 Å². The Morgan fingerprint density at radius 3 is 2.81 bits per heavy atom. The van der Waals surface area contributed by atoms with Gasteiger partial charge in [0, 0.05) is 17.3 Å². The Morgan fingerprint density at radius 2 is 2.00 bits per heavy atom. The molecule has 3 aromatic rings. The van der Waals surface area contributed by atoms with Crippen molar-refractivity contribution in [2.45, 2.75) is 13.5 Å². The number of aryl methyl sites for hydroxylation is 1. The second kappa shape index (κ2) is 5.22. The fourth-order valence-corrected chi connectivity index (χ4v) is 2.42. The van der Waals surface area contributed by atoms with Gasteiger partial charge in [0.2, 0.25) is 0 Å². The van der Waals surface area contributed by atoms with Gasteiger partial charge >= 0.3 is 0 Å². The number of para-hydroxylation sites is 1. The number of hydrogen-bond donors (Lipinski definition) is 0. The molecule has 4 nitrogen and oxygen atoms in total. The van der Waals surface area contributed by atoms with Crippen LogP contribution in [-0.2, 0) is 6.54 Å². The third kappa shape index (κ3) is 2.30. The van der Waals surface area contributed by atoms with Crippen LogP contribution in [0, 0.1) is 18.3 Å². The quantitative estimate of drug-likeness (QED) is 0.722. The maximum absolute atomic E-state index is 12.3. The van der Waals surface area contributed by atoms with E-state index in [4.69, 9.17) is 5.26 Å².